The zero-order valence-corrected chi connectivity index (χ0v) is 8.24. The zero-order valence-electron chi connectivity index (χ0n) is 8.24. The van der Waals surface area contributed by atoms with Crippen LogP contribution >= 0.6 is 0 Å². The van der Waals surface area contributed by atoms with Crippen LogP contribution in [-0.2, 0) is 9.53 Å². The highest BCUT2D eigenvalue weighted by Gasteiger charge is 1.98. The molecule has 1 rings (SSSR count). The van der Waals surface area contributed by atoms with Gasteiger partial charge in [0, 0.05) is 12.1 Å². The molecule has 0 saturated carbocycles. The predicted octanol–water partition coefficient (Wildman–Crippen LogP) is 2.11. The Hall–Kier alpha value is -1.84. The van der Waals surface area contributed by atoms with Crippen LogP contribution < -0.4 is 0 Å². The number of rotatable bonds is 3. The molecule has 80 valence electrons. The van der Waals surface area contributed by atoms with Gasteiger partial charge in [0.15, 0.2) is 0 Å². The van der Waals surface area contributed by atoms with E-state index in [1.807, 2.05) is 0 Å². The summed E-state index contributed by atoms with van der Waals surface area (Å²) in [7, 11) is 0. The fraction of sp³-hybridized carbons (Fsp3) is 0.182. The molecule has 0 spiro atoms. The fourth-order valence-electron chi connectivity index (χ4n) is 1.05. The second kappa shape index (κ2) is 5.14. The highest BCUT2D eigenvalue weighted by molar-refractivity contribution is 5.87. The van der Waals surface area contributed by atoms with Crippen LogP contribution in [0.15, 0.2) is 24.3 Å². The quantitative estimate of drug-likeness (QED) is 0.614. The van der Waals surface area contributed by atoms with E-state index in [1.54, 1.807) is 6.92 Å². The van der Waals surface area contributed by atoms with Gasteiger partial charge in [0.25, 0.3) is 0 Å². The van der Waals surface area contributed by atoms with Gasteiger partial charge in [-0.05, 0) is 30.7 Å². The van der Waals surface area contributed by atoms with E-state index in [1.165, 1.54) is 24.3 Å². The van der Waals surface area contributed by atoms with Gasteiger partial charge in [0.1, 0.15) is 11.6 Å². The van der Waals surface area contributed by atoms with E-state index in [2.05, 4.69) is 4.74 Å². The zero-order chi connectivity index (χ0) is 11.3. The Morgan fingerprint density at radius 2 is 2.27 bits per heavy atom. The van der Waals surface area contributed by atoms with Gasteiger partial charge in [-0.15, -0.1) is 0 Å². The molecule has 0 bridgehead atoms. The summed E-state index contributed by atoms with van der Waals surface area (Å²) in [6.07, 6.45) is 2.55. The summed E-state index contributed by atoms with van der Waals surface area (Å²) in [6.45, 7) is 1.98. The summed E-state index contributed by atoms with van der Waals surface area (Å²) in [4.78, 5) is 10.9. The van der Waals surface area contributed by atoms with Crippen LogP contribution in [-0.4, -0.2) is 17.7 Å². The summed E-state index contributed by atoms with van der Waals surface area (Å²) in [5.74, 6) is -1.24. The number of carbonyl (C=O) groups is 1. The molecule has 0 amide bonds. The maximum absolute atomic E-state index is 12.8. The van der Waals surface area contributed by atoms with Gasteiger partial charge in [-0.2, -0.15) is 0 Å². The molecule has 4 heteroatoms. The first-order chi connectivity index (χ1) is 7.11. The number of hydrogen-bond acceptors (Lipinski definition) is 3. The molecule has 0 radical (unpaired) electrons. The van der Waals surface area contributed by atoms with Gasteiger partial charge < -0.3 is 9.84 Å². The highest BCUT2D eigenvalue weighted by atomic mass is 19.1. The Bertz CT molecular complexity index is 365. The summed E-state index contributed by atoms with van der Waals surface area (Å²) in [6, 6.07) is 3.54. The number of hydrogen-bond donors (Lipinski definition) is 1. The predicted molar refractivity (Wildman–Crippen MR) is 53.7 cm³/mol. The minimum Gasteiger partial charge on any atom is -0.508 e. The third-order valence-corrected chi connectivity index (χ3v) is 1.60. The lowest BCUT2D eigenvalue weighted by Crippen LogP contribution is -1.98. The van der Waals surface area contributed by atoms with Crippen molar-refractivity contribution in [2.45, 2.75) is 6.92 Å². The van der Waals surface area contributed by atoms with E-state index in [0.29, 0.717) is 5.56 Å². The highest BCUT2D eigenvalue weighted by Crippen LogP contribution is 2.15. The maximum atomic E-state index is 12.8. The number of benzene rings is 1. The van der Waals surface area contributed by atoms with Crippen molar-refractivity contribution in [2.24, 2.45) is 0 Å². The fourth-order valence-corrected chi connectivity index (χ4v) is 1.05. The monoisotopic (exact) mass is 210 g/mol. The second-order valence-corrected chi connectivity index (χ2v) is 2.83. The lowest BCUT2D eigenvalue weighted by Gasteiger charge is -1.97. The van der Waals surface area contributed by atoms with Crippen molar-refractivity contribution in [3.8, 4) is 5.75 Å². The molecular weight excluding hydrogens is 199 g/mol. The van der Waals surface area contributed by atoms with Gasteiger partial charge in [-0.3, -0.25) is 0 Å². The normalized spacial score (nSPS) is 10.5. The molecule has 1 aromatic rings. The van der Waals surface area contributed by atoms with Crippen LogP contribution in [0.3, 0.4) is 0 Å². The maximum Gasteiger partial charge on any atom is 0.330 e. The first-order valence-electron chi connectivity index (χ1n) is 4.46. The van der Waals surface area contributed by atoms with Crippen LogP contribution in [0.2, 0.25) is 0 Å². The van der Waals surface area contributed by atoms with Gasteiger partial charge in [-0.25, -0.2) is 9.18 Å². The van der Waals surface area contributed by atoms with E-state index in [9.17, 15) is 9.18 Å². The summed E-state index contributed by atoms with van der Waals surface area (Å²) < 4.78 is 17.4. The van der Waals surface area contributed by atoms with Crippen LogP contribution in [0.4, 0.5) is 4.39 Å². The molecule has 0 atom stereocenters. The van der Waals surface area contributed by atoms with Crippen molar-refractivity contribution in [1.82, 2.24) is 0 Å². The Morgan fingerprint density at radius 3 is 2.87 bits per heavy atom. The molecule has 0 aromatic heterocycles. The molecule has 3 nitrogen and oxygen atoms in total. The molecule has 0 aliphatic heterocycles. The van der Waals surface area contributed by atoms with Gasteiger partial charge in [0.2, 0.25) is 0 Å². The molecule has 15 heavy (non-hydrogen) atoms. The minimum atomic E-state index is -0.557. The number of ether oxygens (including phenoxy) is 1. The largest absolute Gasteiger partial charge is 0.508 e. The van der Waals surface area contributed by atoms with Crippen molar-refractivity contribution in [3.05, 3.63) is 35.7 Å². The second-order valence-electron chi connectivity index (χ2n) is 2.83. The Labute approximate surface area is 86.8 Å². The minimum absolute atomic E-state index is 0.182. The van der Waals surface area contributed by atoms with Crippen molar-refractivity contribution in [1.29, 1.82) is 0 Å². The molecule has 0 heterocycles. The van der Waals surface area contributed by atoms with Crippen LogP contribution in [0.25, 0.3) is 6.08 Å². The molecule has 1 aromatic carbocycles. The van der Waals surface area contributed by atoms with E-state index < -0.39 is 11.8 Å². The van der Waals surface area contributed by atoms with Crippen LogP contribution in [0, 0.1) is 5.82 Å². The van der Waals surface area contributed by atoms with E-state index >= 15 is 0 Å². The van der Waals surface area contributed by atoms with Crippen LogP contribution in [0.5, 0.6) is 5.75 Å². The van der Waals surface area contributed by atoms with Crippen molar-refractivity contribution < 1.29 is 19.0 Å². The summed E-state index contributed by atoms with van der Waals surface area (Å²) >= 11 is 0. The standard InChI is InChI=1S/C11H11FO3/c1-2-15-11(14)4-3-8-5-9(12)7-10(13)6-8/h3-7,13H,2H2,1H3. The number of esters is 1. The smallest absolute Gasteiger partial charge is 0.330 e. The lowest BCUT2D eigenvalue weighted by molar-refractivity contribution is -0.137. The van der Waals surface area contributed by atoms with Gasteiger partial charge in [-0.1, -0.05) is 0 Å². The first kappa shape index (κ1) is 11.2. The van der Waals surface area contributed by atoms with Gasteiger partial charge >= 0.3 is 5.97 Å². The molecule has 1 N–H and O–H groups in total. The number of halogens is 1. The average Bonchev–Trinajstić information content (AvgIpc) is 2.14. The van der Waals surface area contributed by atoms with E-state index in [0.717, 1.165) is 6.07 Å². The van der Waals surface area contributed by atoms with Crippen molar-refractivity contribution in [2.75, 3.05) is 6.61 Å². The topological polar surface area (TPSA) is 46.5 Å². The van der Waals surface area contributed by atoms with Crippen molar-refractivity contribution in [3.63, 3.8) is 0 Å². The lowest BCUT2D eigenvalue weighted by atomic mass is 10.2. The Balaban J connectivity index is 2.76. The molecule has 0 fully saturated rings. The number of aromatic hydroxyl groups is 1. The Kier molecular flexibility index (Phi) is 3.85. The number of phenols is 1. The van der Waals surface area contributed by atoms with E-state index in [4.69, 9.17) is 5.11 Å². The SMILES string of the molecule is CCOC(=O)C=Cc1cc(O)cc(F)c1. The van der Waals surface area contributed by atoms with Crippen molar-refractivity contribution >= 4 is 12.0 Å². The third-order valence-electron chi connectivity index (χ3n) is 1.60. The van der Waals surface area contributed by atoms with E-state index in [-0.39, 0.29) is 12.4 Å². The first-order valence-corrected chi connectivity index (χ1v) is 4.46. The number of carbonyl (C=O) groups excluding carboxylic acids is 1. The third kappa shape index (κ3) is 3.81. The average molecular weight is 210 g/mol. The molecular formula is C11H11FO3. The van der Waals surface area contributed by atoms with Gasteiger partial charge in [0.05, 0.1) is 6.61 Å². The molecule has 0 aliphatic carbocycles. The summed E-state index contributed by atoms with van der Waals surface area (Å²) in [5.41, 5.74) is 0.403. The molecule has 0 saturated heterocycles. The molecule has 0 unspecified atom stereocenters. The Morgan fingerprint density at radius 1 is 1.53 bits per heavy atom. The number of phenolic OH excluding ortho intramolecular Hbond substituents is 1. The van der Waals surface area contributed by atoms with Crippen LogP contribution in [0.1, 0.15) is 12.5 Å². The molecule has 0 aliphatic rings. The summed E-state index contributed by atoms with van der Waals surface area (Å²) in [5, 5.41) is 9.07.